The van der Waals surface area contributed by atoms with E-state index in [-0.39, 0.29) is 0 Å². The van der Waals surface area contributed by atoms with Gasteiger partial charge in [0, 0.05) is 32.1 Å². The van der Waals surface area contributed by atoms with Crippen LogP contribution < -0.4 is 10.6 Å². The number of thiocarbonyl (C=S) groups is 1. The molecule has 0 aliphatic carbocycles. The van der Waals surface area contributed by atoms with Crippen LogP contribution in [0.4, 0.5) is 0 Å². The molecule has 0 aromatic carbocycles. The van der Waals surface area contributed by atoms with Gasteiger partial charge in [-0.2, -0.15) is 11.8 Å². The minimum absolute atomic E-state index is 0.591. The molecule has 0 rings (SSSR count). The maximum Gasteiger partial charge on any atom is 0.166 e. The van der Waals surface area contributed by atoms with Crippen molar-refractivity contribution in [3.63, 3.8) is 0 Å². The van der Waals surface area contributed by atoms with Crippen LogP contribution >= 0.6 is 24.0 Å². The zero-order valence-corrected chi connectivity index (χ0v) is 10.8. The van der Waals surface area contributed by atoms with Crippen LogP contribution in [-0.2, 0) is 4.74 Å². The topological polar surface area (TPSA) is 33.3 Å². The molecule has 84 valence electrons. The van der Waals surface area contributed by atoms with Gasteiger partial charge in [-0.3, -0.25) is 0 Å². The van der Waals surface area contributed by atoms with Gasteiger partial charge in [0.1, 0.15) is 0 Å². The number of nitrogens with one attached hydrogen (secondary N) is 2. The lowest BCUT2D eigenvalue weighted by molar-refractivity contribution is 0.195. The average Bonchev–Trinajstić information content (AvgIpc) is 2.21. The normalized spacial score (nSPS) is 12.2. The molecule has 0 saturated carbocycles. The van der Waals surface area contributed by atoms with E-state index in [9.17, 15) is 0 Å². The zero-order chi connectivity index (χ0) is 10.8. The molecule has 0 bridgehead atoms. The second-order valence-electron chi connectivity index (χ2n) is 3.03. The minimum Gasteiger partial charge on any atom is -0.385 e. The van der Waals surface area contributed by atoms with E-state index in [1.807, 2.05) is 11.8 Å². The highest BCUT2D eigenvalue weighted by molar-refractivity contribution is 7.99. The second-order valence-corrected chi connectivity index (χ2v) is 4.71. The molecular weight excluding hydrogens is 216 g/mol. The summed E-state index contributed by atoms with van der Waals surface area (Å²) in [5, 5.41) is 7.63. The highest BCUT2D eigenvalue weighted by Crippen LogP contribution is 2.01. The van der Waals surface area contributed by atoms with E-state index in [0.717, 1.165) is 31.2 Å². The van der Waals surface area contributed by atoms with Gasteiger partial charge in [0.05, 0.1) is 0 Å². The fourth-order valence-corrected chi connectivity index (χ4v) is 1.24. The molecule has 0 heterocycles. The molecule has 1 unspecified atom stereocenters. The van der Waals surface area contributed by atoms with Crippen molar-refractivity contribution in [2.75, 3.05) is 33.1 Å². The number of ether oxygens (including phenoxy) is 1. The van der Waals surface area contributed by atoms with Crippen molar-refractivity contribution in [2.45, 2.75) is 18.6 Å². The van der Waals surface area contributed by atoms with Crippen LogP contribution in [0.15, 0.2) is 0 Å². The maximum atomic E-state index is 5.10. The fraction of sp³-hybridized carbons (Fsp3) is 0.889. The van der Waals surface area contributed by atoms with E-state index < -0.39 is 0 Å². The molecule has 0 aromatic rings. The molecule has 0 amide bonds. The van der Waals surface area contributed by atoms with Crippen LogP contribution in [0.2, 0.25) is 0 Å². The summed E-state index contributed by atoms with van der Waals surface area (Å²) in [6, 6.07) is 0. The molecule has 14 heavy (non-hydrogen) atoms. The third-order valence-electron chi connectivity index (χ3n) is 1.76. The lowest BCUT2D eigenvalue weighted by Crippen LogP contribution is -2.38. The van der Waals surface area contributed by atoms with Crippen LogP contribution in [0.5, 0.6) is 0 Å². The Morgan fingerprint density at radius 3 is 2.79 bits per heavy atom. The monoisotopic (exact) mass is 236 g/mol. The van der Waals surface area contributed by atoms with E-state index in [0.29, 0.717) is 5.25 Å². The van der Waals surface area contributed by atoms with Gasteiger partial charge >= 0.3 is 0 Å². The fourth-order valence-electron chi connectivity index (χ4n) is 0.801. The van der Waals surface area contributed by atoms with Crippen molar-refractivity contribution < 1.29 is 4.74 Å². The predicted octanol–water partition coefficient (Wildman–Crippen LogP) is 1.24. The molecule has 5 heteroatoms. The highest BCUT2D eigenvalue weighted by atomic mass is 32.2. The Labute approximate surface area is 96.4 Å². The molecule has 0 aliphatic heterocycles. The minimum atomic E-state index is 0.591. The molecule has 0 radical (unpaired) electrons. The van der Waals surface area contributed by atoms with Crippen LogP contribution in [-0.4, -0.2) is 43.4 Å². The molecular formula is C9H20N2OS2. The van der Waals surface area contributed by atoms with E-state index in [1.165, 1.54) is 0 Å². The molecule has 0 aliphatic rings. The molecule has 0 spiro atoms. The summed E-state index contributed by atoms with van der Waals surface area (Å²) in [7, 11) is 1.71. The number of thioether (sulfide) groups is 1. The van der Waals surface area contributed by atoms with Gasteiger partial charge in [-0.05, 0) is 24.9 Å². The third kappa shape index (κ3) is 8.59. The molecule has 2 N–H and O–H groups in total. The first-order chi connectivity index (χ1) is 6.70. The summed E-state index contributed by atoms with van der Waals surface area (Å²) in [4.78, 5) is 0. The summed E-state index contributed by atoms with van der Waals surface area (Å²) in [6.45, 7) is 4.73. The first-order valence-corrected chi connectivity index (χ1v) is 6.43. The van der Waals surface area contributed by atoms with Crippen LogP contribution in [0.1, 0.15) is 13.3 Å². The molecule has 0 fully saturated rings. The quantitative estimate of drug-likeness (QED) is 0.513. The number of rotatable bonds is 7. The van der Waals surface area contributed by atoms with Crippen molar-refractivity contribution in [1.29, 1.82) is 0 Å². The van der Waals surface area contributed by atoms with Gasteiger partial charge in [0.15, 0.2) is 5.11 Å². The van der Waals surface area contributed by atoms with E-state index in [2.05, 4.69) is 23.8 Å². The largest absolute Gasteiger partial charge is 0.385 e. The molecule has 3 nitrogen and oxygen atoms in total. The van der Waals surface area contributed by atoms with E-state index in [1.54, 1.807) is 7.11 Å². The van der Waals surface area contributed by atoms with Gasteiger partial charge in [-0.1, -0.05) is 6.92 Å². The van der Waals surface area contributed by atoms with Gasteiger partial charge in [-0.15, -0.1) is 0 Å². The Hall–Kier alpha value is 0. The van der Waals surface area contributed by atoms with Crippen molar-refractivity contribution >= 4 is 29.1 Å². The number of hydrogen-bond donors (Lipinski definition) is 2. The summed E-state index contributed by atoms with van der Waals surface area (Å²) < 4.78 is 4.93. The zero-order valence-electron chi connectivity index (χ0n) is 9.13. The first-order valence-electron chi connectivity index (χ1n) is 4.74. The number of hydrogen-bond acceptors (Lipinski definition) is 3. The van der Waals surface area contributed by atoms with E-state index in [4.69, 9.17) is 17.0 Å². The van der Waals surface area contributed by atoms with Crippen molar-refractivity contribution in [2.24, 2.45) is 0 Å². The summed E-state index contributed by atoms with van der Waals surface area (Å²) in [6.07, 6.45) is 3.08. The van der Waals surface area contributed by atoms with Gasteiger partial charge in [-0.25, -0.2) is 0 Å². The third-order valence-corrected chi connectivity index (χ3v) is 3.02. The SMILES string of the molecule is COCCCNC(=S)NCC(C)SC. The Balaban J connectivity index is 3.28. The van der Waals surface area contributed by atoms with Crippen molar-refractivity contribution in [1.82, 2.24) is 10.6 Å². The van der Waals surface area contributed by atoms with Crippen LogP contribution in [0.3, 0.4) is 0 Å². The molecule has 0 saturated heterocycles. The Morgan fingerprint density at radius 2 is 2.21 bits per heavy atom. The maximum absolute atomic E-state index is 5.10. The Morgan fingerprint density at radius 1 is 1.50 bits per heavy atom. The highest BCUT2D eigenvalue weighted by Gasteiger charge is 1.99. The molecule has 0 aromatic heterocycles. The van der Waals surface area contributed by atoms with Crippen LogP contribution in [0, 0.1) is 0 Å². The average molecular weight is 236 g/mol. The van der Waals surface area contributed by atoms with Crippen molar-refractivity contribution in [3.05, 3.63) is 0 Å². The van der Waals surface area contributed by atoms with Gasteiger partial charge < -0.3 is 15.4 Å². The summed E-state index contributed by atoms with van der Waals surface area (Å²) >= 11 is 6.93. The Kier molecular flexibility index (Phi) is 9.55. The first kappa shape index (κ1) is 14.0. The number of methoxy groups -OCH3 is 1. The summed E-state index contributed by atoms with van der Waals surface area (Å²) in [5.41, 5.74) is 0. The standard InChI is InChI=1S/C9H20N2OS2/c1-8(14-3)7-11-9(13)10-5-4-6-12-2/h8H,4-7H2,1-3H3,(H2,10,11,13). The van der Waals surface area contributed by atoms with E-state index >= 15 is 0 Å². The van der Waals surface area contributed by atoms with Crippen molar-refractivity contribution in [3.8, 4) is 0 Å². The van der Waals surface area contributed by atoms with Gasteiger partial charge in [0.25, 0.3) is 0 Å². The molecule has 1 atom stereocenters. The van der Waals surface area contributed by atoms with Crippen LogP contribution in [0.25, 0.3) is 0 Å². The lowest BCUT2D eigenvalue weighted by atomic mass is 10.4. The second kappa shape index (κ2) is 9.55. The smallest absolute Gasteiger partial charge is 0.166 e. The predicted molar refractivity (Wildman–Crippen MR) is 68.1 cm³/mol. The summed E-state index contributed by atoms with van der Waals surface area (Å²) in [5.74, 6) is 0. The van der Waals surface area contributed by atoms with Gasteiger partial charge in [0.2, 0.25) is 0 Å². The lowest BCUT2D eigenvalue weighted by Gasteiger charge is -2.13. The Bertz CT molecular complexity index is 156.